The second-order valence-corrected chi connectivity index (χ2v) is 6.66. The molecule has 0 radical (unpaired) electrons. The molecule has 0 fully saturated rings. The Kier molecular flexibility index (Phi) is 6.36. The van der Waals surface area contributed by atoms with E-state index < -0.39 is 11.7 Å². The Morgan fingerprint density at radius 3 is 2.17 bits per heavy atom. The van der Waals surface area contributed by atoms with Crippen LogP contribution in [-0.2, 0) is 22.6 Å². The summed E-state index contributed by atoms with van der Waals surface area (Å²) in [7, 11) is 0. The van der Waals surface area contributed by atoms with Gasteiger partial charge in [-0.05, 0) is 55.0 Å². The summed E-state index contributed by atoms with van der Waals surface area (Å²) >= 11 is 0. The first kappa shape index (κ1) is 20.9. The van der Waals surface area contributed by atoms with Crippen LogP contribution in [0, 0.1) is 5.82 Å². The van der Waals surface area contributed by atoms with Gasteiger partial charge in [0.15, 0.2) is 0 Å². The molecule has 0 aliphatic heterocycles. The third kappa shape index (κ3) is 5.16. The topological polar surface area (TPSA) is 93.1 Å². The maximum absolute atomic E-state index is 13.3. The summed E-state index contributed by atoms with van der Waals surface area (Å²) in [6, 6.07) is 13.6. The Morgan fingerprint density at radius 1 is 1.00 bits per heavy atom. The number of benzene rings is 2. The van der Waals surface area contributed by atoms with E-state index in [0.717, 1.165) is 0 Å². The Hall–Kier alpha value is -3.81. The summed E-state index contributed by atoms with van der Waals surface area (Å²) < 4.78 is 14.6. The van der Waals surface area contributed by atoms with Crippen molar-refractivity contribution < 1.29 is 14.0 Å². The van der Waals surface area contributed by atoms with Gasteiger partial charge in [-0.3, -0.25) is 19.0 Å². The maximum Gasteiger partial charge on any atom is 0.254 e. The largest absolute Gasteiger partial charge is 0.326 e. The molecule has 7 nitrogen and oxygen atoms in total. The highest BCUT2D eigenvalue weighted by atomic mass is 19.1. The second kappa shape index (κ2) is 9.13. The maximum atomic E-state index is 13.3. The lowest BCUT2D eigenvalue weighted by atomic mass is 10.2. The molecule has 0 saturated heterocycles. The molecule has 0 aliphatic rings. The van der Waals surface area contributed by atoms with Crippen molar-refractivity contribution in [1.82, 2.24) is 9.55 Å². The lowest BCUT2D eigenvalue weighted by molar-refractivity contribution is -0.117. The predicted octanol–water partition coefficient (Wildman–Crippen LogP) is 3.21. The fourth-order valence-corrected chi connectivity index (χ4v) is 2.89. The van der Waals surface area contributed by atoms with Crippen LogP contribution in [0.4, 0.5) is 15.8 Å². The van der Waals surface area contributed by atoms with E-state index in [9.17, 15) is 18.8 Å². The first-order chi connectivity index (χ1) is 14.4. The van der Waals surface area contributed by atoms with E-state index in [-0.39, 0.29) is 18.0 Å². The monoisotopic (exact) mass is 408 g/mol. The molecule has 30 heavy (non-hydrogen) atoms. The Bertz CT molecular complexity index is 1120. The fraction of sp³-hybridized carbons (Fsp3) is 0.182. The smallest absolute Gasteiger partial charge is 0.254 e. The number of aromatic nitrogens is 2. The lowest BCUT2D eigenvalue weighted by Gasteiger charge is -2.14. The summed E-state index contributed by atoms with van der Waals surface area (Å²) in [4.78, 5) is 40.7. The van der Waals surface area contributed by atoms with Crippen molar-refractivity contribution in [1.29, 1.82) is 0 Å². The van der Waals surface area contributed by atoms with Crippen LogP contribution in [0.15, 0.2) is 59.4 Å². The van der Waals surface area contributed by atoms with E-state index in [1.807, 2.05) is 6.92 Å². The van der Waals surface area contributed by atoms with Crippen LogP contribution in [0.3, 0.4) is 0 Å². The van der Waals surface area contributed by atoms with Crippen LogP contribution >= 0.6 is 0 Å². The quantitative estimate of drug-likeness (QED) is 0.655. The van der Waals surface area contributed by atoms with E-state index in [2.05, 4.69) is 15.6 Å². The highest BCUT2D eigenvalue weighted by Gasteiger charge is 2.14. The molecule has 0 unspecified atom stereocenters. The number of amides is 2. The lowest BCUT2D eigenvalue weighted by Crippen LogP contribution is -2.30. The molecule has 3 rings (SSSR count). The van der Waals surface area contributed by atoms with Crippen LogP contribution in [0.2, 0.25) is 0 Å². The van der Waals surface area contributed by atoms with Crippen molar-refractivity contribution in [2.45, 2.75) is 26.8 Å². The van der Waals surface area contributed by atoms with Crippen molar-refractivity contribution >= 4 is 23.2 Å². The van der Waals surface area contributed by atoms with E-state index >= 15 is 0 Å². The number of nitrogens with one attached hydrogen (secondary N) is 2. The molecule has 0 saturated carbocycles. The van der Waals surface area contributed by atoms with Crippen LogP contribution in [-0.4, -0.2) is 21.4 Å². The van der Waals surface area contributed by atoms with Gasteiger partial charge in [-0.15, -0.1) is 0 Å². The summed E-state index contributed by atoms with van der Waals surface area (Å²) in [5.41, 5.74) is 1.89. The highest BCUT2D eigenvalue weighted by Crippen LogP contribution is 2.18. The summed E-state index contributed by atoms with van der Waals surface area (Å²) in [5, 5.41) is 5.36. The van der Waals surface area contributed by atoms with Gasteiger partial charge in [0, 0.05) is 35.6 Å². The molecule has 0 spiro atoms. The van der Waals surface area contributed by atoms with Gasteiger partial charge in [-0.1, -0.05) is 6.92 Å². The third-order valence-corrected chi connectivity index (χ3v) is 4.32. The van der Waals surface area contributed by atoms with Gasteiger partial charge in [0.1, 0.15) is 18.2 Å². The van der Waals surface area contributed by atoms with Crippen LogP contribution in [0.5, 0.6) is 0 Å². The minimum absolute atomic E-state index is 0.192. The van der Waals surface area contributed by atoms with Gasteiger partial charge in [0.05, 0.1) is 0 Å². The van der Waals surface area contributed by atoms with E-state index in [4.69, 9.17) is 0 Å². The van der Waals surface area contributed by atoms with Gasteiger partial charge in [0.25, 0.3) is 5.56 Å². The Balaban J connectivity index is 1.84. The zero-order valence-corrected chi connectivity index (χ0v) is 16.6. The number of hydrogen-bond acceptors (Lipinski definition) is 4. The Morgan fingerprint density at radius 2 is 1.60 bits per heavy atom. The third-order valence-electron chi connectivity index (χ3n) is 4.32. The molecule has 154 valence electrons. The second-order valence-electron chi connectivity index (χ2n) is 6.66. The van der Waals surface area contributed by atoms with Crippen LogP contribution in [0.1, 0.15) is 19.5 Å². The predicted molar refractivity (Wildman–Crippen MR) is 113 cm³/mol. The van der Waals surface area contributed by atoms with Gasteiger partial charge in [-0.2, -0.15) is 0 Å². The number of aryl methyl sites for hydroxylation is 1. The summed E-state index contributed by atoms with van der Waals surface area (Å²) in [6.45, 7) is 3.03. The molecule has 2 N–H and O–H groups in total. The standard InChI is InChI=1S/C22H21FN4O3/c1-3-17-12-21(30)27(22(26-17)15-4-6-16(23)7-5-15)13-20(29)25-19-10-8-18(9-11-19)24-14(2)28/h4-12H,3,13H2,1-2H3,(H,24,28)(H,25,29). The van der Waals surface area contributed by atoms with Crippen molar-refractivity contribution in [2.24, 2.45) is 0 Å². The molecule has 3 aromatic rings. The highest BCUT2D eigenvalue weighted by molar-refractivity contribution is 5.92. The molecular weight excluding hydrogens is 387 g/mol. The average Bonchev–Trinajstić information content (AvgIpc) is 2.71. The number of nitrogens with zero attached hydrogens (tertiary/aromatic N) is 2. The van der Waals surface area contributed by atoms with Gasteiger partial charge in [0.2, 0.25) is 11.8 Å². The molecule has 8 heteroatoms. The van der Waals surface area contributed by atoms with E-state index in [0.29, 0.717) is 34.9 Å². The summed E-state index contributed by atoms with van der Waals surface area (Å²) in [5.74, 6) is -0.712. The van der Waals surface area contributed by atoms with Gasteiger partial charge in [-0.25, -0.2) is 9.37 Å². The molecule has 1 aromatic heterocycles. The molecule has 0 atom stereocenters. The number of anilines is 2. The molecule has 0 aliphatic carbocycles. The molecular formula is C22H21FN4O3. The van der Waals surface area contributed by atoms with E-state index in [1.165, 1.54) is 41.8 Å². The minimum atomic E-state index is -0.418. The fourth-order valence-electron chi connectivity index (χ4n) is 2.89. The molecule has 0 bridgehead atoms. The van der Waals surface area contributed by atoms with Crippen molar-refractivity contribution in [2.75, 3.05) is 10.6 Å². The number of hydrogen-bond donors (Lipinski definition) is 2. The SMILES string of the molecule is CCc1cc(=O)n(CC(=O)Nc2ccc(NC(C)=O)cc2)c(-c2ccc(F)cc2)n1. The molecule has 2 aromatic carbocycles. The normalized spacial score (nSPS) is 10.5. The molecule has 1 heterocycles. The summed E-state index contributed by atoms with van der Waals surface area (Å²) in [6.07, 6.45) is 0.553. The van der Waals surface area contributed by atoms with Crippen molar-refractivity contribution in [3.05, 3.63) is 76.5 Å². The number of halogens is 1. The number of carbonyl (C=O) groups is 2. The molecule has 2 amide bonds. The first-order valence-electron chi connectivity index (χ1n) is 9.40. The van der Waals surface area contributed by atoms with Crippen LogP contribution in [0.25, 0.3) is 11.4 Å². The average molecular weight is 408 g/mol. The zero-order chi connectivity index (χ0) is 21.7. The zero-order valence-electron chi connectivity index (χ0n) is 16.6. The number of carbonyl (C=O) groups excluding carboxylic acids is 2. The first-order valence-corrected chi connectivity index (χ1v) is 9.40. The van der Waals surface area contributed by atoms with E-state index in [1.54, 1.807) is 24.3 Å². The van der Waals surface area contributed by atoms with Crippen LogP contribution < -0.4 is 16.2 Å². The number of rotatable bonds is 6. The Labute approximate surface area is 172 Å². The van der Waals surface area contributed by atoms with Gasteiger partial charge < -0.3 is 10.6 Å². The minimum Gasteiger partial charge on any atom is -0.326 e. The van der Waals surface area contributed by atoms with Crippen molar-refractivity contribution in [3.63, 3.8) is 0 Å². The van der Waals surface area contributed by atoms with Crippen molar-refractivity contribution in [3.8, 4) is 11.4 Å². The van der Waals surface area contributed by atoms with Gasteiger partial charge >= 0.3 is 0 Å².